The van der Waals surface area contributed by atoms with E-state index in [0.29, 0.717) is 11.9 Å². The zero-order chi connectivity index (χ0) is 13.3. The standard InChI is InChI=1S/C13H17ClN2O2/c1-13(2)7-3-4-9(13)15-10-6-5-8(14)11(16-10)12(17)18/h5-6,9H,3-4,7H2,1-2H3,(H,15,16)(H,17,18). The van der Waals surface area contributed by atoms with E-state index in [1.807, 2.05) is 0 Å². The van der Waals surface area contributed by atoms with E-state index in [9.17, 15) is 4.79 Å². The SMILES string of the molecule is CC1(C)CCCC1Nc1ccc(Cl)c(C(=O)O)n1. The number of nitrogens with one attached hydrogen (secondary N) is 1. The molecular weight excluding hydrogens is 252 g/mol. The molecule has 1 fully saturated rings. The molecule has 2 rings (SSSR count). The minimum absolute atomic E-state index is 0.0996. The second kappa shape index (κ2) is 4.76. The molecule has 0 amide bonds. The minimum atomic E-state index is -1.10. The molecule has 0 aliphatic heterocycles. The van der Waals surface area contributed by atoms with Gasteiger partial charge in [-0.2, -0.15) is 0 Å². The third kappa shape index (κ3) is 2.58. The molecule has 1 saturated carbocycles. The fourth-order valence-electron chi connectivity index (χ4n) is 2.45. The summed E-state index contributed by atoms with van der Waals surface area (Å²) in [5, 5.41) is 12.5. The number of carboxylic acids is 1. The average molecular weight is 269 g/mol. The summed E-state index contributed by atoms with van der Waals surface area (Å²) >= 11 is 5.79. The predicted octanol–water partition coefficient (Wildman–Crippen LogP) is 3.42. The molecular formula is C13H17ClN2O2. The zero-order valence-corrected chi connectivity index (χ0v) is 11.3. The number of anilines is 1. The summed E-state index contributed by atoms with van der Waals surface area (Å²) < 4.78 is 0. The molecule has 1 unspecified atom stereocenters. The Morgan fingerprint density at radius 1 is 1.56 bits per heavy atom. The number of pyridine rings is 1. The van der Waals surface area contributed by atoms with Gasteiger partial charge in [0.2, 0.25) is 0 Å². The first-order valence-electron chi connectivity index (χ1n) is 6.06. The van der Waals surface area contributed by atoms with Crippen LogP contribution in [0.3, 0.4) is 0 Å². The van der Waals surface area contributed by atoms with E-state index in [1.165, 1.54) is 12.8 Å². The first-order valence-corrected chi connectivity index (χ1v) is 6.44. The van der Waals surface area contributed by atoms with Crippen molar-refractivity contribution in [3.63, 3.8) is 0 Å². The number of nitrogens with zero attached hydrogens (tertiary/aromatic N) is 1. The second-order valence-electron chi connectivity index (χ2n) is 5.41. The van der Waals surface area contributed by atoms with Gasteiger partial charge in [-0.25, -0.2) is 9.78 Å². The van der Waals surface area contributed by atoms with E-state index in [4.69, 9.17) is 16.7 Å². The molecule has 2 N–H and O–H groups in total. The minimum Gasteiger partial charge on any atom is -0.476 e. The summed E-state index contributed by atoms with van der Waals surface area (Å²) in [4.78, 5) is 15.0. The zero-order valence-electron chi connectivity index (χ0n) is 10.5. The van der Waals surface area contributed by atoms with E-state index in [-0.39, 0.29) is 16.1 Å². The van der Waals surface area contributed by atoms with Gasteiger partial charge in [-0.05, 0) is 30.4 Å². The van der Waals surface area contributed by atoms with Crippen molar-refractivity contribution in [1.29, 1.82) is 0 Å². The lowest BCUT2D eigenvalue weighted by Crippen LogP contribution is -2.31. The number of rotatable bonds is 3. The van der Waals surface area contributed by atoms with Crippen LogP contribution in [-0.2, 0) is 0 Å². The summed E-state index contributed by atoms with van der Waals surface area (Å²) in [5.41, 5.74) is 0.113. The largest absolute Gasteiger partial charge is 0.476 e. The first-order chi connectivity index (χ1) is 8.40. The Hall–Kier alpha value is -1.29. The predicted molar refractivity (Wildman–Crippen MR) is 71.2 cm³/mol. The molecule has 1 aromatic heterocycles. The molecule has 1 heterocycles. The highest BCUT2D eigenvalue weighted by atomic mass is 35.5. The molecule has 0 radical (unpaired) electrons. The average Bonchev–Trinajstić information content (AvgIpc) is 2.60. The Morgan fingerprint density at radius 2 is 2.28 bits per heavy atom. The van der Waals surface area contributed by atoms with Gasteiger partial charge in [0.25, 0.3) is 0 Å². The van der Waals surface area contributed by atoms with E-state index >= 15 is 0 Å². The molecule has 1 aliphatic carbocycles. The Labute approximate surface area is 111 Å². The molecule has 0 saturated heterocycles. The lowest BCUT2D eigenvalue weighted by atomic mass is 9.87. The topological polar surface area (TPSA) is 62.2 Å². The van der Waals surface area contributed by atoms with Crippen LogP contribution in [-0.4, -0.2) is 22.1 Å². The third-order valence-corrected chi connectivity index (χ3v) is 3.93. The molecule has 0 spiro atoms. The summed E-state index contributed by atoms with van der Waals surface area (Å²) in [6, 6.07) is 3.62. The molecule has 5 heteroatoms. The van der Waals surface area contributed by atoms with Gasteiger partial charge >= 0.3 is 5.97 Å². The molecule has 4 nitrogen and oxygen atoms in total. The van der Waals surface area contributed by atoms with Crippen LogP contribution in [0.4, 0.5) is 5.82 Å². The summed E-state index contributed by atoms with van der Waals surface area (Å²) in [5.74, 6) is -0.522. The Bertz CT molecular complexity index is 474. The number of hydrogen-bond acceptors (Lipinski definition) is 3. The van der Waals surface area contributed by atoms with Crippen molar-refractivity contribution in [3.05, 3.63) is 22.8 Å². The maximum absolute atomic E-state index is 11.0. The van der Waals surface area contributed by atoms with Crippen LogP contribution in [0, 0.1) is 5.41 Å². The fourth-order valence-corrected chi connectivity index (χ4v) is 2.63. The van der Waals surface area contributed by atoms with Gasteiger partial charge in [0.15, 0.2) is 5.69 Å². The molecule has 0 aromatic carbocycles. The number of hydrogen-bond donors (Lipinski definition) is 2. The quantitative estimate of drug-likeness (QED) is 0.882. The van der Waals surface area contributed by atoms with E-state index in [0.717, 1.165) is 6.42 Å². The van der Waals surface area contributed by atoms with E-state index in [2.05, 4.69) is 24.1 Å². The van der Waals surface area contributed by atoms with Crippen LogP contribution in [0.2, 0.25) is 5.02 Å². The Balaban J connectivity index is 2.20. The van der Waals surface area contributed by atoms with Crippen LogP contribution in [0.25, 0.3) is 0 Å². The monoisotopic (exact) mass is 268 g/mol. The second-order valence-corrected chi connectivity index (χ2v) is 5.82. The fraction of sp³-hybridized carbons (Fsp3) is 0.538. The molecule has 1 aliphatic rings. The van der Waals surface area contributed by atoms with Crippen molar-refractivity contribution in [2.24, 2.45) is 5.41 Å². The van der Waals surface area contributed by atoms with Crippen molar-refractivity contribution >= 4 is 23.4 Å². The van der Waals surface area contributed by atoms with Crippen LogP contribution >= 0.6 is 11.6 Å². The molecule has 98 valence electrons. The van der Waals surface area contributed by atoms with Gasteiger partial charge in [0, 0.05) is 6.04 Å². The summed E-state index contributed by atoms with van der Waals surface area (Å²) in [6.07, 6.45) is 3.44. The first kappa shape index (κ1) is 13.1. The highest BCUT2D eigenvalue weighted by Gasteiger charge is 2.34. The van der Waals surface area contributed by atoms with Crippen molar-refractivity contribution < 1.29 is 9.90 Å². The maximum atomic E-state index is 11.0. The van der Waals surface area contributed by atoms with Gasteiger partial charge in [-0.3, -0.25) is 0 Å². The number of carbonyl (C=O) groups is 1. The van der Waals surface area contributed by atoms with Crippen LogP contribution < -0.4 is 5.32 Å². The molecule has 1 aromatic rings. The van der Waals surface area contributed by atoms with Gasteiger partial charge in [0.1, 0.15) is 5.82 Å². The lowest BCUT2D eigenvalue weighted by Gasteiger charge is -2.28. The number of halogens is 1. The highest BCUT2D eigenvalue weighted by Crippen LogP contribution is 2.38. The van der Waals surface area contributed by atoms with Gasteiger partial charge in [-0.15, -0.1) is 0 Å². The third-order valence-electron chi connectivity index (χ3n) is 3.63. The van der Waals surface area contributed by atoms with Crippen molar-refractivity contribution in [2.75, 3.05) is 5.32 Å². The number of aromatic carboxylic acids is 1. The van der Waals surface area contributed by atoms with Gasteiger partial charge < -0.3 is 10.4 Å². The lowest BCUT2D eigenvalue weighted by molar-refractivity contribution is 0.0691. The van der Waals surface area contributed by atoms with Crippen LogP contribution in [0.1, 0.15) is 43.6 Å². The molecule has 0 bridgehead atoms. The Kier molecular flexibility index (Phi) is 3.48. The molecule has 1 atom stereocenters. The summed E-state index contributed by atoms with van der Waals surface area (Å²) in [6.45, 7) is 4.43. The highest BCUT2D eigenvalue weighted by molar-refractivity contribution is 6.33. The van der Waals surface area contributed by atoms with E-state index in [1.54, 1.807) is 12.1 Å². The normalized spacial score (nSPS) is 21.8. The van der Waals surface area contributed by atoms with Crippen molar-refractivity contribution in [3.8, 4) is 0 Å². The van der Waals surface area contributed by atoms with Crippen molar-refractivity contribution in [1.82, 2.24) is 4.98 Å². The van der Waals surface area contributed by atoms with Crippen LogP contribution in [0.15, 0.2) is 12.1 Å². The van der Waals surface area contributed by atoms with Crippen molar-refractivity contribution in [2.45, 2.75) is 39.2 Å². The van der Waals surface area contributed by atoms with Crippen LogP contribution in [0.5, 0.6) is 0 Å². The van der Waals surface area contributed by atoms with Gasteiger partial charge in [-0.1, -0.05) is 31.9 Å². The summed E-state index contributed by atoms with van der Waals surface area (Å²) in [7, 11) is 0. The van der Waals surface area contributed by atoms with E-state index < -0.39 is 5.97 Å². The Morgan fingerprint density at radius 3 is 2.83 bits per heavy atom. The number of aromatic nitrogens is 1. The number of carboxylic acid groups (broad SMARTS) is 1. The van der Waals surface area contributed by atoms with Gasteiger partial charge in [0.05, 0.1) is 5.02 Å². The maximum Gasteiger partial charge on any atom is 0.356 e. The molecule has 18 heavy (non-hydrogen) atoms. The smallest absolute Gasteiger partial charge is 0.356 e.